The van der Waals surface area contributed by atoms with Crippen molar-refractivity contribution in [3.63, 3.8) is 0 Å². The van der Waals surface area contributed by atoms with E-state index in [1.807, 2.05) is 48.5 Å². The third-order valence-corrected chi connectivity index (χ3v) is 5.10. The summed E-state index contributed by atoms with van der Waals surface area (Å²) >= 11 is 5.92. The average molecular weight is 417 g/mol. The van der Waals surface area contributed by atoms with Crippen LogP contribution in [0.1, 0.15) is 20.7 Å². The van der Waals surface area contributed by atoms with Crippen LogP contribution in [0.4, 0.5) is 0 Å². The SMILES string of the molecule is O=C(COc1ccc2ccccc2c1C(=O)O)c1ccc(-c2ccc(Cl)cc2)cc1. The first kappa shape index (κ1) is 19.7. The minimum absolute atomic E-state index is 0.0546. The maximum atomic E-state index is 12.6. The van der Waals surface area contributed by atoms with Crippen molar-refractivity contribution in [2.24, 2.45) is 0 Å². The van der Waals surface area contributed by atoms with Gasteiger partial charge in [-0.1, -0.05) is 78.3 Å². The van der Waals surface area contributed by atoms with Crippen LogP contribution in [0.15, 0.2) is 84.9 Å². The second-order valence-corrected chi connectivity index (χ2v) is 7.20. The summed E-state index contributed by atoms with van der Waals surface area (Å²) in [5.41, 5.74) is 2.51. The zero-order valence-corrected chi connectivity index (χ0v) is 16.6. The Labute approximate surface area is 178 Å². The van der Waals surface area contributed by atoms with Crippen molar-refractivity contribution in [3.05, 3.63) is 101 Å². The van der Waals surface area contributed by atoms with Gasteiger partial charge in [-0.15, -0.1) is 0 Å². The van der Waals surface area contributed by atoms with Crippen molar-refractivity contribution >= 4 is 34.1 Å². The Morgan fingerprint density at radius 3 is 2.10 bits per heavy atom. The molecule has 0 atom stereocenters. The van der Waals surface area contributed by atoms with E-state index in [1.165, 1.54) is 0 Å². The minimum Gasteiger partial charge on any atom is -0.485 e. The molecule has 0 bridgehead atoms. The van der Waals surface area contributed by atoms with E-state index in [2.05, 4.69) is 0 Å². The van der Waals surface area contributed by atoms with Gasteiger partial charge in [0, 0.05) is 10.6 Å². The summed E-state index contributed by atoms with van der Waals surface area (Å²) in [5.74, 6) is -1.16. The number of ketones is 1. The topological polar surface area (TPSA) is 63.6 Å². The van der Waals surface area contributed by atoms with Crippen LogP contribution in [-0.4, -0.2) is 23.5 Å². The van der Waals surface area contributed by atoms with Gasteiger partial charge in [0.05, 0.1) is 0 Å². The van der Waals surface area contributed by atoms with Gasteiger partial charge in [0.25, 0.3) is 0 Å². The van der Waals surface area contributed by atoms with Crippen molar-refractivity contribution in [2.75, 3.05) is 6.61 Å². The molecule has 0 saturated carbocycles. The molecule has 0 amide bonds. The summed E-state index contributed by atoms with van der Waals surface area (Å²) in [4.78, 5) is 24.3. The Balaban J connectivity index is 1.52. The van der Waals surface area contributed by atoms with Crippen LogP contribution in [0.2, 0.25) is 5.02 Å². The van der Waals surface area contributed by atoms with Gasteiger partial charge < -0.3 is 9.84 Å². The third kappa shape index (κ3) is 4.04. The number of carbonyl (C=O) groups is 2. The largest absolute Gasteiger partial charge is 0.485 e. The number of rotatable bonds is 6. The van der Waals surface area contributed by atoms with Gasteiger partial charge in [0.15, 0.2) is 12.4 Å². The molecule has 4 aromatic rings. The first-order valence-corrected chi connectivity index (χ1v) is 9.68. The number of carboxylic acid groups (broad SMARTS) is 1. The Hall–Kier alpha value is -3.63. The fourth-order valence-electron chi connectivity index (χ4n) is 3.31. The van der Waals surface area contributed by atoms with Gasteiger partial charge in [-0.2, -0.15) is 0 Å². The lowest BCUT2D eigenvalue weighted by atomic mass is 10.0. The fraction of sp³-hybridized carbons (Fsp3) is 0.0400. The first-order valence-electron chi connectivity index (χ1n) is 9.30. The number of benzene rings is 4. The van der Waals surface area contributed by atoms with Gasteiger partial charge in [-0.25, -0.2) is 4.79 Å². The van der Waals surface area contributed by atoms with Crippen LogP contribution in [-0.2, 0) is 0 Å². The van der Waals surface area contributed by atoms with E-state index < -0.39 is 5.97 Å². The number of carboxylic acids is 1. The first-order chi connectivity index (χ1) is 14.5. The highest BCUT2D eigenvalue weighted by Gasteiger charge is 2.17. The molecule has 0 aliphatic carbocycles. The number of Topliss-reactive ketones (excluding diaryl/α,β-unsaturated/α-hetero) is 1. The third-order valence-electron chi connectivity index (χ3n) is 4.85. The van der Waals surface area contributed by atoms with Crippen LogP contribution < -0.4 is 4.74 Å². The molecule has 4 nitrogen and oxygen atoms in total. The van der Waals surface area contributed by atoms with Crippen LogP contribution >= 0.6 is 11.6 Å². The molecule has 0 heterocycles. The molecule has 0 aliphatic heterocycles. The maximum absolute atomic E-state index is 12.6. The molecule has 0 fully saturated rings. The fourth-order valence-corrected chi connectivity index (χ4v) is 3.44. The Bertz CT molecular complexity index is 1230. The normalized spacial score (nSPS) is 10.7. The van der Waals surface area contributed by atoms with Gasteiger partial charge >= 0.3 is 5.97 Å². The molecular weight excluding hydrogens is 400 g/mol. The lowest BCUT2D eigenvalue weighted by Crippen LogP contribution is -2.13. The van der Waals surface area contributed by atoms with E-state index in [9.17, 15) is 14.7 Å². The number of halogens is 1. The van der Waals surface area contributed by atoms with Gasteiger partial charge in [0.1, 0.15) is 11.3 Å². The average Bonchev–Trinajstić information content (AvgIpc) is 2.77. The summed E-state index contributed by atoms with van der Waals surface area (Å²) in [6.45, 7) is -0.251. The minimum atomic E-state index is -1.10. The van der Waals surface area contributed by atoms with E-state index >= 15 is 0 Å². The molecular formula is C25H17ClO4. The van der Waals surface area contributed by atoms with Crippen LogP contribution in [0.3, 0.4) is 0 Å². The Morgan fingerprint density at radius 2 is 1.43 bits per heavy atom. The highest BCUT2D eigenvalue weighted by molar-refractivity contribution is 6.30. The molecule has 4 aromatic carbocycles. The smallest absolute Gasteiger partial charge is 0.340 e. The van der Waals surface area contributed by atoms with Gasteiger partial charge in [-0.05, 0) is 40.1 Å². The molecule has 0 spiro atoms. The van der Waals surface area contributed by atoms with E-state index in [4.69, 9.17) is 16.3 Å². The molecule has 4 rings (SSSR count). The number of fused-ring (bicyclic) bond motifs is 1. The highest BCUT2D eigenvalue weighted by Crippen LogP contribution is 2.28. The molecule has 148 valence electrons. The van der Waals surface area contributed by atoms with E-state index in [0.29, 0.717) is 16.0 Å². The quantitative estimate of drug-likeness (QED) is 0.384. The van der Waals surface area contributed by atoms with Crippen LogP contribution in [0, 0.1) is 0 Å². The van der Waals surface area contributed by atoms with Gasteiger partial charge in [-0.3, -0.25) is 4.79 Å². The number of carbonyl (C=O) groups excluding carboxylic acids is 1. The maximum Gasteiger partial charge on any atom is 0.340 e. The second-order valence-electron chi connectivity index (χ2n) is 6.76. The lowest BCUT2D eigenvalue weighted by molar-refractivity contribution is 0.0691. The molecule has 30 heavy (non-hydrogen) atoms. The molecule has 1 N–H and O–H groups in total. The molecule has 0 aromatic heterocycles. The van der Waals surface area contributed by atoms with Crippen LogP contribution in [0.5, 0.6) is 5.75 Å². The van der Waals surface area contributed by atoms with Crippen molar-refractivity contribution < 1.29 is 19.4 Å². The van der Waals surface area contributed by atoms with E-state index in [1.54, 1.807) is 36.4 Å². The lowest BCUT2D eigenvalue weighted by Gasteiger charge is -2.11. The number of hydrogen-bond donors (Lipinski definition) is 1. The number of hydrogen-bond acceptors (Lipinski definition) is 3. The molecule has 5 heteroatoms. The van der Waals surface area contributed by atoms with Crippen molar-refractivity contribution in [2.45, 2.75) is 0 Å². The monoisotopic (exact) mass is 416 g/mol. The predicted octanol–water partition coefficient (Wildman–Crippen LogP) is 6.12. The zero-order valence-electron chi connectivity index (χ0n) is 15.8. The summed E-state index contributed by atoms with van der Waals surface area (Å²) in [7, 11) is 0. The predicted molar refractivity (Wildman–Crippen MR) is 118 cm³/mol. The number of ether oxygens (including phenoxy) is 1. The van der Waals surface area contributed by atoms with Crippen molar-refractivity contribution in [1.82, 2.24) is 0 Å². The molecule has 0 aliphatic rings. The molecule has 0 saturated heterocycles. The Morgan fingerprint density at radius 1 is 0.800 bits per heavy atom. The standard InChI is InChI=1S/C25H17ClO4/c26-20-12-9-17(10-13-20)16-5-7-19(8-6-16)22(27)15-30-23-14-11-18-3-1-2-4-21(18)24(23)25(28)29/h1-14H,15H2,(H,28,29). The zero-order chi connectivity index (χ0) is 21.1. The highest BCUT2D eigenvalue weighted by atomic mass is 35.5. The summed E-state index contributed by atoms with van der Waals surface area (Å²) in [5, 5.41) is 11.7. The molecule has 0 unspecified atom stereocenters. The van der Waals surface area contributed by atoms with E-state index in [0.717, 1.165) is 16.5 Å². The summed E-state index contributed by atoms with van der Waals surface area (Å²) < 4.78 is 5.61. The van der Waals surface area contributed by atoms with Gasteiger partial charge in [0.2, 0.25) is 0 Å². The van der Waals surface area contributed by atoms with Crippen molar-refractivity contribution in [1.29, 1.82) is 0 Å². The molecule has 0 radical (unpaired) electrons. The number of aromatic carboxylic acids is 1. The summed E-state index contributed by atoms with van der Waals surface area (Å²) in [6, 6.07) is 25.2. The van der Waals surface area contributed by atoms with E-state index in [-0.39, 0.29) is 23.7 Å². The van der Waals surface area contributed by atoms with Crippen molar-refractivity contribution in [3.8, 4) is 16.9 Å². The summed E-state index contributed by atoms with van der Waals surface area (Å²) in [6.07, 6.45) is 0. The van der Waals surface area contributed by atoms with Crippen LogP contribution in [0.25, 0.3) is 21.9 Å². The Kier molecular flexibility index (Phi) is 5.50. The second kappa shape index (κ2) is 8.39.